The van der Waals surface area contributed by atoms with Gasteiger partial charge in [-0.15, -0.1) is 12.4 Å². The number of carbonyl (C=O) groups excluding carboxylic acids is 1. The Hall–Kier alpha value is -1.78. The summed E-state index contributed by atoms with van der Waals surface area (Å²) in [6.07, 6.45) is 6.53. The van der Waals surface area contributed by atoms with Crippen molar-refractivity contribution in [1.82, 2.24) is 9.55 Å². The van der Waals surface area contributed by atoms with E-state index in [2.05, 4.69) is 4.98 Å². The standard InChI is InChI=1S/C18H11Cl3N2O.ClH/c19-13-5-6-14(16(21)10-13)18(24)17(23-8-7-22-11-23)9-12-3-1-2-4-15(12)20;/h1-11H;1H. The summed E-state index contributed by atoms with van der Waals surface area (Å²) in [6, 6.07) is 12.0. The van der Waals surface area contributed by atoms with E-state index in [0.29, 0.717) is 21.3 Å². The molecule has 3 aromatic rings. The molecule has 0 aliphatic carbocycles. The molecule has 3 nitrogen and oxygen atoms in total. The SMILES string of the molecule is Cl.O=C(C(=Cc1ccccc1Cl)n1ccnc1)c1ccc(Cl)cc1Cl. The number of nitrogens with zero attached hydrogens (tertiary/aromatic N) is 2. The summed E-state index contributed by atoms with van der Waals surface area (Å²) in [6.45, 7) is 0. The van der Waals surface area contributed by atoms with E-state index in [1.807, 2.05) is 18.2 Å². The van der Waals surface area contributed by atoms with E-state index in [-0.39, 0.29) is 23.2 Å². The molecule has 2 aromatic carbocycles. The van der Waals surface area contributed by atoms with Crippen LogP contribution in [0.5, 0.6) is 0 Å². The maximum atomic E-state index is 13.0. The number of allylic oxidation sites excluding steroid dienone is 1. The van der Waals surface area contributed by atoms with Gasteiger partial charge in [-0.2, -0.15) is 0 Å². The quantitative estimate of drug-likeness (QED) is 0.380. The van der Waals surface area contributed by atoms with Crippen LogP contribution in [0, 0.1) is 0 Å². The lowest BCUT2D eigenvalue weighted by Gasteiger charge is -2.10. The summed E-state index contributed by atoms with van der Waals surface area (Å²) in [7, 11) is 0. The number of carbonyl (C=O) groups is 1. The molecule has 1 heterocycles. The van der Waals surface area contributed by atoms with Gasteiger partial charge in [0.05, 0.1) is 17.0 Å². The van der Waals surface area contributed by atoms with Gasteiger partial charge in [-0.1, -0.05) is 53.0 Å². The second-order valence-electron chi connectivity index (χ2n) is 4.97. The van der Waals surface area contributed by atoms with E-state index in [9.17, 15) is 4.79 Å². The first-order valence-corrected chi connectivity index (χ1v) is 8.14. The van der Waals surface area contributed by atoms with Crippen LogP contribution in [0.2, 0.25) is 15.1 Å². The highest BCUT2D eigenvalue weighted by Crippen LogP contribution is 2.27. The number of aromatic nitrogens is 2. The summed E-state index contributed by atoms with van der Waals surface area (Å²) in [5.74, 6) is -0.255. The van der Waals surface area contributed by atoms with Gasteiger partial charge >= 0.3 is 0 Å². The van der Waals surface area contributed by atoms with Crippen LogP contribution in [0.25, 0.3) is 11.8 Å². The second kappa shape index (κ2) is 8.54. The molecule has 0 spiro atoms. The maximum absolute atomic E-state index is 13.0. The van der Waals surface area contributed by atoms with Crippen molar-refractivity contribution in [2.75, 3.05) is 0 Å². The van der Waals surface area contributed by atoms with Crippen molar-refractivity contribution in [3.8, 4) is 0 Å². The van der Waals surface area contributed by atoms with Crippen LogP contribution in [0.3, 0.4) is 0 Å². The Morgan fingerprint density at radius 3 is 2.44 bits per heavy atom. The molecule has 3 rings (SSSR count). The fourth-order valence-electron chi connectivity index (χ4n) is 2.21. The predicted octanol–water partition coefficient (Wildman–Crippen LogP) is 6.15. The van der Waals surface area contributed by atoms with Gasteiger partial charge in [0.15, 0.2) is 0 Å². The molecule has 0 fully saturated rings. The molecule has 0 saturated carbocycles. The third kappa shape index (κ3) is 4.44. The number of hydrogen-bond donors (Lipinski definition) is 0. The van der Waals surface area contributed by atoms with Gasteiger partial charge in [0.25, 0.3) is 0 Å². The molecule has 128 valence electrons. The normalized spacial score (nSPS) is 11.1. The summed E-state index contributed by atoms with van der Waals surface area (Å²) in [4.78, 5) is 17.0. The molecule has 0 N–H and O–H groups in total. The number of halogens is 4. The Bertz CT molecular complexity index is 921. The second-order valence-corrected chi connectivity index (χ2v) is 6.23. The summed E-state index contributed by atoms with van der Waals surface area (Å²) in [5.41, 5.74) is 1.46. The highest BCUT2D eigenvalue weighted by atomic mass is 35.5. The summed E-state index contributed by atoms with van der Waals surface area (Å²) >= 11 is 18.3. The molecular weight excluding hydrogens is 402 g/mol. The average Bonchev–Trinajstić information content (AvgIpc) is 3.08. The number of imidazole rings is 1. The van der Waals surface area contributed by atoms with Crippen LogP contribution < -0.4 is 0 Å². The minimum atomic E-state index is -0.255. The molecule has 0 atom stereocenters. The molecule has 0 unspecified atom stereocenters. The molecule has 7 heteroatoms. The van der Waals surface area contributed by atoms with Crippen molar-refractivity contribution in [2.24, 2.45) is 0 Å². The van der Waals surface area contributed by atoms with E-state index in [1.54, 1.807) is 47.6 Å². The maximum Gasteiger partial charge on any atom is 0.211 e. The smallest absolute Gasteiger partial charge is 0.211 e. The van der Waals surface area contributed by atoms with Gasteiger partial charge in [0, 0.05) is 28.0 Å². The third-order valence-corrected chi connectivity index (χ3v) is 4.28. The lowest BCUT2D eigenvalue weighted by atomic mass is 10.1. The highest BCUT2D eigenvalue weighted by Gasteiger charge is 2.18. The van der Waals surface area contributed by atoms with Crippen LogP contribution in [-0.4, -0.2) is 15.3 Å². The zero-order valence-electron chi connectivity index (χ0n) is 12.7. The van der Waals surface area contributed by atoms with Gasteiger partial charge in [-0.25, -0.2) is 4.98 Å². The van der Waals surface area contributed by atoms with Crippen molar-refractivity contribution >= 4 is 64.8 Å². The number of Topliss-reactive ketones (excluding diaryl/α,β-unsaturated/α-hetero) is 1. The lowest BCUT2D eigenvalue weighted by Crippen LogP contribution is -2.09. The molecule has 0 amide bonds. The first kappa shape index (κ1) is 19.5. The van der Waals surface area contributed by atoms with Crippen molar-refractivity contribution in [3.63, 3.8) is 0 Å². The monoisotopic (exact) mass is 412 g/mol. The van der Waals surface area contributed by atoms with Gasteiger partial charge < -0.3 is 4.57 Å². The topological polar surface area (TPSA) is 34.9 Å². The number of ketones is 1. The molecule has 0 saturated heterocycles. The summed E-state index contributed by atoms with van der Waals surface area (Å²) in [5, 5.41) is 1.30. The molecule has 25 heavy (non-hydrogen) atoms. The Kier molecular flexibility index (Phi) is 6.68. The Balaban J connectivity index is 0.00000225. The van der Waals surface area contributed by atoms with Crippen LogP contribution in [-0.2, 0) is 0 Å². The molecule has 0 bridgehead atoms. The summed E-state index contributed by atoms with van der Waals surface area (Å²) < 4.78 is 1.62. The van der Waals surface area contributed by atoms with Gasteiger partial charge in [-0.3, -0.25) is 4.79 Å². The van der Waals surface area contributed by atoms with E-state index < -0.39 is 0 Å². The predicted molar refractivity (Wildman–Crippen MR) is 106 cm³/mol. The van der Waals surface area contributed by atoms with E-state index in [1.165, 1.54) is 6.07 Å². The zero-order chi connectivity index (χ0) is 17.1. The van der Waals surface area contributed by atoms with Crippen LogP contribution in [0.1, 0.15) is 15.9 Å². The Morgan fingerprint density at radius 1 is 1.04 bits per heavy atom. The molecule has 1 aromatic heterocycles. The Labute approximate surface area is 166 Å². The molecule has 0 aliphatic rings. The van der Waals surface area contributed by atoms with Crippen LogP contribution in [0.15, 0.2) is 61.2 Å². The molecule has 0 aliphatic heterocycles. The van der Waals surface area contributed by atoms with Crippen molar-refractivity contribution in [2.45, 2.75) is 0 Å². The Morgan fingerprint density at radius 2 is 1.80 bits per heavy atom. The van der Waals surface area contributed by atoms with Crippen LogP contribution in [0.4, 0.5) is 0 Å². The van der Waals surface area contributed by atoms with Crippen molar-refractivity contribution in [1.29, 1.82) is 0 Å². The fourth-order valence-corrected chi connectivity index (χ4v) is 2.89. The zero-order valence-corrected chi connectivity index (χ0v) is 15.8. The lowest BCUT2D eigenvalue weighted by molar-refractivity contribution is 0.105. The average molecular weight is 414 g/mol. The van der Waals surface area contributed by atoms with E-state index in [4.69, 9.17) is 34.8 Å². The van der Waals surface area contributed by atoms with Crippen molar-refractivity contribution < 1.29 is 4.79 Å². The first-order valence-electron chi connectivity index (χ1n) is 7.00. The fraction of sp³-hybridized carbons (Fsp3) is 0. The highest BCUT2D eigenvalue weighted by molar-refractivity contribution is 6.40. The minimum Gasteiger partial charge on any atom is -0.303 e. The number of rotatable bonds is 4. The van der Waals surface area contributed by atoms with E-state index in [0.717, 1.165) is 5.56 Å². The number of hydrogen-bond acceptors (Lipinski definition) is 2. The third-order valence-electron chi connectivity index (χ3n) is 3.39. The number of benzene rings is 2. The van der Waals surface area contributed by atoms with Crippen LogP contribution >= 0.6 is 47.2 Å². The van der Waals surface area contributed by atoms with Crippen molar-refractivity contribution in [3.05, 3.63) is 87.4 Å². The van der Waals surface area contributed by atoms with Gasteiger partial charge in [-0.05, 0) is 35.9 Å². The molecule has 0 radical (unpaired) electrons. The molecular formula is C18H12Cl4N2O. The first-order chi connectivity index (χ1) is 11.6. The minimum absolute atomic E-state index is 0. The largest absolute Gasteiger partial charge is 0.303 e. The van der Waals surface area contributed by atoms with Gasteiger partial charge in [0.1, 0.15) is 0 Å². The van der Waals surface area contributed by atoms with E-state index >= 15 is 0 Å². The van der Waals surface area contributed by atoms with Gasteiger partial charge in [0.2, 0.25) is 5.78 Å².